The molecule has 1 aromatic rings. The van der Waals surface area contributed by atoms with Gasteiger partial charge in [-0.25, -0.2) is 0 Å². The van der Waals surface area contributed by atoms with Crippen LogP contribution in [0.1, 0.15) is 23.6 Å². The molecule has 2 nitrogen and oxygen atoms in total. The standard InChI is InChI=1S/C12H18O2/c1-4-14-6-5-11-7-9(2)12(13)10(3)8-11/h7-8,13H,4-6H2,1-3H3. The molecular weight excluding hydrogens is 176 g/mol. The van der Waals surface area contributed by atoms with Crippen molar-refractivity contribution in [3.8, 4) is 5.75 Å². The average molecular weight is 194 g/mol. The second-order valence-electron chi connectivity index (χ2n) is 3.53. The van der Waals surface area contributed by atoms with Crippen LogP contribution in [-0.2, 0) is 11.2 Å². The Morgan fingerprint density at radius 2 is 1.79 bits per heavy atom. The summed E-state index contributed by atoms with van der Waals surface area (Å²) in [5.74, 6) is 0.408. The van der Waals surface area contributed by atoms with Crippen LogP contribution in [0, 0.1) is 13.8 Å². The van der Waals surface area contributed by atoms with Gasteiger partial charge in [0.05, 0.1) is 6.61 Å². The molecule has 14 heavy (non-hydrogen) atoms. The minimum Gasteiger partial charge on any atom is -0.507 e. The van der Waals surface area contributed by atoms with E-state index in [0.717, 1.165) is 30.8 Å². The van der Waals surface area contributed by atoms with Crippen LogP contribution in [0.15, 0.2) is 12.1 Å². The van der Waals surface area contributed by atoms with Gasteiger partial charge in [-0.3, -0.25) is 0 Å². The lowest BCUT2D eigenvalue weighted by Crippen LogP contribution is -1.98. The molecule has 0 saturated carbocycles. The zero-order valence-corrected chi connectivity index (χ0v) is 9.13. The van der Waals surface area contributed by atoms with Gasteiger partial charge in [0.1, 0.15) is 5.75 Å². The highest BCUT2D eigenvalue weighted by Crippen LogP contribution is 2.22. The summed E-state index contributed by atoms with van der Waals surface area (Å²) < 4.78 is 5.28. The van der Waals surface area contributed by atoms with Gasteiger partial charge in [0.25, 0.3) is 0 Å². The maximum atomic E-state index is 9.57. The van der Waals surface area contributed by atoms with Crippen LogP contribution in [0.2, 0.25) is 0 Å². The van der Waals surface area contributed by atoms with Crippen molar-refractivity contribution in [3.05, 3.63) is 28.8 Å². The molecule has 1 rings (SSSR count). The van der Waals surface area contributed by atoms with Crippen molar-refractivity contribution in [1.29, 1.82) is 0 Å². The topological polar surface area (TPSA) is 29.5 Å². The van der Waals surface area contributed by atoms with Crippen molar-refractivity contribution in [2.45, 2.75) is 27.2 Å². The lowest BCUT2D eigenvalue weighted by molar-refractivity contribution is 0.151. The number of phenolic OH excluding ortho intramolecular Hbond substituents is 1. The summed E-state index contributed by atoms with van der Waals surface area (Å²) in [5.41, 5.74) is 3.11. The lowest BCUT2D eigenvalue weighted by Gasteiger charge is -2.07. The maximum absolute atomic E-state index is 9.57. The molecule has 1 N–H and O–H groups in total. The zero-order chi connectivity index (χ0) is 10.6. The van der Waals surface area contributed by atoms with E-state index in [1.165, 1.54) is 5.56 Å². The van der Waals surface area contributed by atoms with Crippen molar-refractivity contribution in [2.75, 3.05) is 13.2 Å². The molecule has 0 aliphatic rings. The van der Waals surface area contributed by atoms with Crippen LogP contribution >= 0.6 is 0 Å². The van der Waals surface area contributed by atoms with Gasteiger partial charge < -0.3 is 9.84 Å². The first-order chi connectivity index (χ1) is 6.65. The van der Waals surface area contributed by atoms with Gasteiger partial charge in [-0.2, -0.15) is 0 Å². The Hall–Kier alpha value is -1.02. The lowest BCUT2D eigenvalue weighted by atomic mass is 10.0. The Labute approximate surface area is 85.5 Å². The molecule has 0 heterocycles. The maximum Gasteiger partial charge on any atom is 0.121 e. The fourth-order valence-electron chi connectivity index (χ4n) is 1.52. The SMILES string of the molecule is CCOCCc1cc(C)c(O)c(C)c1. The molecule has 2 heteroatoms. The summed E-state index contributed by atoms with van der Waals surface area (Å²) in [5, 5.41) is 9.57. The minimum absolute atomic E-state index is 0.408. The molecular formula is C12H18O2. The molecule has 1 aromatic carbocycles. The summed E-state index contributed by atoms with van der Waals surface area (Å²) in [4.78, 5) is 0. The molecule has 0 aliphatic carbocycles. The number of hydrogen-bond acceptors (Lipinski definition) is 2. The monoisotopic (exact) mass is 194 g/mol. The van der Waals surface area contributed by atoms with Crippen LogP contribution in [0.5, 0.6) is 5.75 Å². The van der Waals surface area contributed by atoms with Crippen LogP contribution in [0.25, 0.3) is 0 Å². The van der Waals surface area contributed by atoms with Crippen LogP contribution < -0.4 is 0 Å². The molecule has 0 unspecified atom stereocenters. The molecule has 0 saturated heterocycles. The number of aryl methyl sites for hydroxylation is 2. The molecule has 0 fully saturated rings. The van der Waals surface area contributed by atoms with Gasteiger partial charge >= 0.3 is 0 Å². The third kappa shape index (κ3) is 2.74. The van der Waals surface area contributed by atoms with Crippen molar-refractivity contribution < 1.29 is 9.84 Å². The first-order valence-electron chi connectivity index (χ1n) is 5.02. The van der Waals surface area contributed by atoms with E-state index in [1.54, 1.807) is 0 Å². The first-order valence-corrected chi connectivity index (χ1v) is 5.02. The molecule has 0 bridgehead atoms. The predicted octanol–water partition coefficient (Wildman–Crippen LogP) is 2.59. The Morgan fingerprint density at radius 3 is 2.29 bits per heavy atom. The highest BCUT2D eigenvalue weighted by molar-refractivity contribution is 5.42. The van der Waals surface area contributed by atoms with E-state index in [4.69, 9.17) is 4.74 Å². The van der Waals surface area contributed by atoms with Gasteiger partial charge in [0.2, 0.25) is 0 Å². The van der Waals surface area contributed by atoms with E-state index >= 15 is 0 Å². The van der Waals surface area contributed by atoms with Crippen molar-refractivity contribution in [1.82, 2.24) is 0 Å². The minimum atomic E-state index is 0.408. The van der Waals surface area contributed by atoms with E-state index in [2.05, 4.69) is 0 Å². The number of aromatic hydroxyl groups is 1. The average Bonchev–Trinajstić information content (AvgIpc) is 2.14. The number of ether oxygens (including phenoxy) is 1. The fraction of sp³-hybridized carbons (Fsp3) is 0.500. The predicted molar refractivity (Wildman–Crippen MR) is 57.8 cm³/mol. The number of rotatable bonds is 4. The summed E-state index contributed by atoms with van der Waals surface area (Å²) in [6, 6.07) is 4.03. The Morgan fingerprint density at radius 1 is 1.21 bits per heavy atom. The molecule has 0 amide bonds. The highest BCUT2D eigenvalue weighted by Gasteiger charge is 2.02. The fourth-order valence-corrected chi connectivity index (χ4v) is 1.52. The summed E-state index contributed by atoms with van der Waals surface area (Å²) in [6.07, 6.45) is 0.912. The van der Waals surface area contributed by atoms with E-state index in [9.17, 15) is 5.11 Å². The van der Waals surface area contributed by atoms with E-state index in [0.29, 0.717) is 5.75 Å². The highest BCUT2D eigenvalue weighted by atomic mass is 16.5. The molecule has 0 radical (unpaired) electrons. The zero-order valence-electron chi connectivity index (χ0n) is 9.13. The largest absolute Gasteiger partial charge is 0.507 e. The second-order valence-corrected chi connectivity index (χ2v) is 3.53. The van der Waals surface area contributed by atoms with Gasteiger partial charge in [-0.1, -0.05) is 12.1 Å². The van der Waals surface area contributed by atoms with Gasteiger partial charge in [-0.15, -0.1) is 0 Å². The molecule has 0 spiro atoms. The normalized spacial score (nSPS) is 10.5. The Kier molecular flexibility index (Phi) is 3.96. The number of hydrogen-bond donors (Lipinski definition) is 1. The van der Waals surface area contributed by atoms with Crippen LogP contribution in [0.4, 0.5) is 0 Å². The van der Waals surface area contributed by atoms with Gasteiger partial charge in [-0.05, 0) is 43.9 Å². The van der Waals surface area contributed by atoms with Crippen LogP contribution in [-0.4, -0.2) is 18.3 Å². The molecule has 0 aromatic heterocycles. The van der Waals surface area contributed by atoms with Crippen molar-refractivity contribution in [3.63, 3.8) is 0 Å². The Bertz CT molecular complexity index is 282. The Balaban J connectivity index is 2.69. The number of benzene rings is 1. The van der Waals surface area contributed by atoms with Gasteiger partial charge in [0, 0.05) is 6.61 Å². The summed E-state index contributed by atoms with van der Waals surface area (Å²) in [7, 11) is 0. The van der Waals surface area contributed by atoms with Crippen LogP contribution in [0.3, 0.4) is 0 Å². The molecule has 0 aliphatic heterocycles. The molecule has 0 atom stereocenters. The van der Waals surface area contributed by atoms with Gasteiger partial charge in [0.15, 0.2) is 0 Å². The van der Waals surface area contributed by atoms with E-state index < -0.39 is 0 Å². The second kappa shape index (κ2) is 5.01. The van der Waals surface area contributed by atoms with Crippen molar-refractivity contribution in [2.24, 2.45) is 0 Å². The number of phenols is 1. The summed E-state index contributed by atoms with van der Waals surface area (Å²) in [6.45, 7) is 7.35. The smallest absolute Gasteiger partial charge is 0.121 e. The van der Waals surface area contributed by atoms with Crippen molar-refractivity contribution >= 4 is 0 Å². The summed E-state index contributed by atoms with van der Waals surface area (Å²) >= 11 is 0. The third-order valence-electron chi connectivity index (χ3n) is 2.29. The van der Waals surface area contributed by atoms with E-state index in [-0.39, 0.29) is 0 Å². The quantitative estimate of drug-likeness (QED) is 0.746. The first kappa shape index (κ1) is 11.1. The third-order valence-corrected chi connectivity index (χ3v) is 2.29. The molecule has 78 valence electrons. The van der Waals surface area contributed by atoms with E-state index in [1.807, 2.05) is 32.9 Å².